The highest BCUT2D eigenvalue weighted by molar-refractivity contribution is 9.10. The van der Waals surface area contributed by atoms with Gasteiger partial charge in [-0.25, -0.2) is 0 Å². The molecule has 1 unspecified atom stereocenters. The highest BCUT2D eigenvalue weighted by Gasteiger charge is 2.12. The number of amides is 1. The molecule has 0 fully saturated rings. The first-order valence-corrected chi connectivity index (χ1v) is 5.55. The summed E-state index contributed by atoms with van der Waals surface area (Å²) in [5.41, 5.74) is 0.411. The lowest BCUT2D eigenvalue weighted by molar-refractivity contribution is -0.137. The van der Waals surface area contributed by atoms with Crippen LogP contribution in [0.1, 0.15) is 30.1 Å². The third-order valence-corrected chi connectivity index (χ3v) is 2.41. The molecule has 1 amide bonds. The number of nitrogens with one attached hydrogen (secondary N) is 1. The second-order valence-corrected chi connectivity index (χ2v) is 4.23. The predicted molar refractivity (Wildman–Crippen MR) is 60.2 cm³/mol. The molecule has 0 aromatic carbocycles. The fourth-order valence-electron chi connectivity index (χ4n) is 1.15. The molecule has 0 radical (unpaired) electrons. The molecule has 0 bridgehead atoms. The summed E-state index contributed by atoms with van der Waals surface area (Å²) in [4.78, 5) is 21.9. The molecule has 0 spiro atoms. The van der Waals surface area contributed by atoms with Crippen LogP contribution in [0.4, 0.5) is 0 Å². The zero-order valence-corrected chi connectivity index (χ0v) is 10.3. The largest absolute Gasteiger partial charge is 0.481 e. The molecule has 1 aromatic rings. The molecular formula is C10H12BrNO4. The summed E-state index contributed by atoms with van der Waals surface area (Å²) in [6.45, 7) is 1.76. The Kier molecular flexibility index (Phi) is 4.54. The second-order valence-electron chi connectivity index (χ2n) is 3.45. The summed E-state index contributed by atoms with van der Waals surface area (Å²) in [6.07, 6.45) is 1.78. The van der Waals surface area contributed by atoms with E-state index in [-0.39, 0.29) is 18.4 Å². The fraction of sp³-hybridized carbons (Fsp3) is 0.400. The number of hydrogen-bond donors (Lipinski definition) is 2. The van der Waals surface area contributed by atoms with Crippen molar-refractivity contribution in [3.8, 4) is 0 Å². The highest BCUT2D eigenvalue weighted by atomic mass is 79.9. The van der Waals surface area contributed by atoms with Gasteiger partial charge >= 0.3 is 5.97 Å². The minimum Gasteiger partial charge on any atom is -0.481 e. The SMILES string of the molecule is CC(CCC(=O)O)NC(=O)c1coc(Br)c1. The molecule has 1 atom stereocenters. The van der Waals surface area contributed by atoms with E-state index in [0.29, 0.717) is 16.7 Å². The zero-order valence-electron chi connectivity index (χ0n) is 8.70. The third kappa shape index (κ3) is 4.06. The molecule has 0 saturated heterocycles. The maximum absolute atomic E-state index is 11.6. The van der Waals surface area contributed by atoms with Crippen LogP contribution in [0.15, 0.2) is 21.4 Å². The standard InChI is InChI=1S/C10H12BrNO4/c1-6(2-3-9(13)14)12-10(15)7-4-8(11)16-5-7/h4-6H,2-3H2,1H3,(H,12,15)(H,13,14). The van der Waals surface area contributed by atoms with Crippen molar-refractivity contribution in [2.45, 2.75) is 25.8 Å². The number of carboxylic acid groups (broad SMARTS) is 1. The van der Waals surface area contributed by atoms with Crippen molar-refractivity contribution < 1.29 is 19.1 Å². The summed E-state index contributed by atoms with van der Waals surface area (Å²) < 4.78 is 5.41. The quantitative estimate of drug-likeness (QED) is 0.869. The van der Waals surface area contributed by atoms with Crippen molar-refractivity contribution >= 4 is 27.8 Å². The van der Waals surface area contributed by atoms with Crippen LogP contribution in [-0.2, 0) is 4.79 Å². The van der Waals surface area contributed by atoms with E-state index in [9.17, 15) is 9.59 Å². The molecule has 0 aliphatic heterocycles. The molecular weight excluding hydrogens is 278 g/mol. The van der Waals surface area contributed by atoms with E-state index in [0.717, 1.165) is 0 Å². The van der Waals surface area contributed by atoms with Crippen LogP contribution in [0.5, 0.6) is 0 Å². The molecule has 6 heteroatoms. The molecule has 0 aliphatic carbocycles. The Labute approximate surface area is 101 Å². The lowest BCUT2D eigenvalue weighted by Gasteiger charge is -2.11. The topological polar surface area (TPSA) is 79.5 Å². The number of carboxylic acids is 1. The Balaban J connectivity index is 2.42. The van der Waals surface area contributed by atoms with Crippen LogP contribution >= 0.6 is 15.9 Å². The van der Waals surface area contributed by atoms with Gasteiger partial charge in [-0.2, -0.15) is 0 Å². The number of carbonyl (C=O) groups is 2. The molecule has 0 saturated carbocycles. The number of furan rings is 1. The smallest absolute Gasteiger partial charge is 0.303 e. The van der Waals surface area contributed by atoms with Gasteiger partial charge in [0.15, 0.2) is 4.67 Å². The van der Waals surface area contributed by atoms with E-state index in [1.165, 1.54) is 6.26 Å². The summed E-state index contributed by atoms with van der Waals surface area (Å²) in [7, 11) is 0. The first-order chi connectivity index (χ1) is 7.49. The molecule has 5 nitrogen and oxygen atoms in total. The summed E-state index contributed by atoms with van der Waals surface area (Å²) in [5, 5.41) is 11.2. The Morgan fingerprint density at radius 2 is 2.31 bits per heavy atom. The number of aliphatic carboxylic acids is 1. The minimum absolute atomic E-state index is 0.0382. The van der Waals surface area contributed by atoms with Crippen molar-refractivity contribution in [3.63, 3.8) is 0 Å². The molecule has 1 rings (SSSR count). The average molecular weight is 290 g/mol. The highest BCUT2D eigenvalue weighted by Crippen LogP contribution is 2.14. The Morgan fingerprint density at radius 3 is 2.81 bits per heavy atom. The van der Waals surface area contributed by atoms with E-state index in [1.54, 1.807) is 13.0 Å². The summed E-state index contributed by atoms with van der Waals surface area (Å²) in [5.74, 6) is -1.14. The van der Waals surface area contributed by atoms with E-state index in [2.05, 4.69) is 21.2 Å². The van der Waals surface area contributed by atoms with Crippen molar-refractivity contribution in [1.29, 1.82) is 0 Å². The van der Waals surface area contributed by atoms with Crippen LogP contribution < -0.4 is 5.32 Å². The van der Waals surface area contributed by atoms with E-state index >= 15 is 0 Å². The van der Waals surface area contributed by atoms with Gasteiger partial charge in [0.25, 0.3) is 5.91 Å². The number of rotatable bonds is 5. The van der Waals surface area contributed by atoms with Gasteiger partial charge in [0.05, 0.1) is 5.56 Å². The average Bonchev–Trinajstić information content (AvgIpc) is 2.62. The van der Waals surface area contributed by atoms with Crippen molar-refractivity contribution in [1.82, 2.24) is 5.32 Å². The molecule has 0 aliphatic rings. The van der Waals surface area contributed by atoms with Gasteiger partial charge in [-0.05, 0) is 29.3 Å². The van der Waals surface area contributed by atoms with Gasteiger partial charge in [-0.15, -0.1) is 0 Å². The molecule has 2 N–H and O–H groups in total. The first-order valence-electron chi connectivity index (χ1n) is 4.75. The second kappa shape index (κ2) is 5.69. The van der Waals surface area contributed by atoms with E-state index in [1.807, 2.05) is 0 Å². The monoisotopic (exact) mass is 289 g/mol. The van der Waals surface area contributed by atoms with Crippen molar-refractivity contribution in [3.05, 3.63) is 22.6 Å². The van der Waals surface area contributed by atoms with Gasteiger partial charge in [0.1, 0.15) is 6.26 Å². The Morgan fingerprint density at radius 1 is 1.62 bits per heavy atom. The van der Waals surface area contributed by atoms with Crippen LogP contribution in [0.3, 0.4) is 0 Å². The Bertz CT molecular complexity index is 388. The van der Waals surface area contributed by atoms with Gasteiger partial charge in [0, 0.05) is 18.5 Å². The van der Waals surface area contributed by atoms with Crippen molar-refractivity contribution in [2.75, 3.05) is 0 Å². The van der Waals surface area contributed by atoms with Gasteiger partial charge in [-0.3, -0.25) is 9.59 Å². The summed E-state index contributed by atoms with van der Waals surface area (Å²) in [6, 6.07) is 1.37. The number of halogens is 1. The first kappa shape index (κ1) is 12.8. The zero-order chi connectivity index (χ0) is 12.1. The van der Waals surface area contributed by atoms with Crippen LogP contribution in [0.25, 0.3) is 0 Å². The van der Waals surface area contributed by atoms with Gasteiger partial charge in [0.2, 0.25) is 0 Å². The van der Waals surface area contributed by atoms with E-state index in [4.69, 9.17) is 9.52 Å². The lowest BCUT2D eigenvalue weighted by atomic mass is 10.1. The van der Waals surface area contributed by atoms with Crippen LogP contribution in [0.2, 0.25) is 0 Å². The molecule has 1 aromatic heterocycles. The molecule has 1 heterocycles. The lowest BCUT2D eigenvalue weighted by Crippen LogP contribution is -2.32. The molecule has 16 heavy (non-hydrogen) atoms. The molecule has 88 valence electrons. The van der Waals surface area contributed by atoms with Crippen molar-refractivity contribution in [2.24, 2.45) is 0 Å². The van der Waals surface area contributed by atoms with Crippen LogP contribution in [0, 0.1) is 0 Å². The fourth-order valence-corrected chi connectivity index (χ4v) is 1.49. The summed E-state index contributed by atoms with van der Waals surface area (Å²) >= 11 is 3.09. The van der Waals surface area contributed by atoms with Gasteiger partial charge < -0.3 is 14.8 Å². The number of carbonyl (C=O) groups excluding carboxylic acids is 1. The van der Waals surface area contributed by atoms with Gasteiger partial charge in [-0.1, -0.05) is 0 Å². The Hall–Kier alpha value is -1.30. The van der Waals surface area contributed by atoms with E-state index < -0.39 is 5.97 Å². The maximum atomic E-state index is 11.6. The van der Waals surface area contributed by atoms with Crippen LogP contribution in [-0.4, -0.2) is 23.0 Å². The number of hydrogen-bond acceptors (Lipinski definition) is 3. The minimum atomic E-state index is -0.868. The third-order valence-electron chi connectivity index (χ3n) is 2.00. The predicted octanol–water partition coefficient (Wildman–Crippen LogP) is 2.03. The maximum Gasteiger partial charge on any atom is 0.303 e. The normalized spacial score (nSPS) is 12.1.